The van der Waals surface area contributed by atoms with E-state index in [4.69, 9.17) is 0 Å². The molecule has 18 heavy (non-hydrogen) atoms. The van der Waals surface area contributed by atoms with Gasteiger partial charge in [-0.2, -0.15) is 0 Å². The van der Waals surface area contributed by atoms with Crippen molar-refractivity contribution in [1.29, 1.82) is 0 Å². The minimum atomic E-state index is -1.33. The standard InChI is InChI=1S/C12H16N2O3S/c1-13-10(9-6-7-9)8-18(17)12-5-3-2-4-11(12)14(15)16/h2-5,9-10,13H,6-8H2,1H3. The maximum atomic E-state index is 12.2. The Hall–Kier alpha value is -1.27. The van der Waals surface area contributed by atoms with Gasteiger partial charge in [-0.3, -0.25) is 14.3 Å². The van der Waals surface area contributed by atoms with Gasteiger partial charge in [-0.05, 0) is 31.9 Å². The van der Waals surface area contributed by atoms with Crippen LogP contribution >= 0.6 is 0 Å². The molecule has 2 rings (SSSR count). The summed E-state index contributed by atoms with van der Waals surface area (Å²) in [5.74, 6) is 1.01. The van der Waals surface area contributed by atoms with Gasteiger partial charge >= 0.3 is 0 Å². The molecule has 5 nitrogen and oxygen atoms in total. The van der Waals surface area contributed by atoms with Crippen LogP contribution in [0.15, 0.2) is 29.2 Å². The number of para-hydroxylation sites is 1. The molecule has 2 atom stereocenters. The lowest BCUT2D eigenvalue weighted by Crippen LogP contribution is -2.33. The fourth-order valence-electron chi connectivity index (χ4n) is 2.01. The fraction of sp³-hybridized carbons (Fsp3) is 0.500. The number of rotatable bonds is 6. The van der Waals surface area contributed by atoms with Crippen LogP contribution in [0.2, 0.25) is 0 Å². The van der Waals surface area contributed by atoms with Crippen LogP contribution in [-0.2, 0) is 10.8 Å². The van der Waals surface area contributed by atoms with Crippen molar-refractivity contribution in [2.45, 2.75) is 23.8 Å². The zero-order valence-electron chi connectivity index (χ0n) is 10.2. The van der Waals surface area contributed by atoms with Crippen LogP contribution < -0.4 is 5.32 Å². The Morgan fingerprint density at radius 2 is 2.17 bits per heavy atom. The fourth-order valence-corrected chi connectivity index (χ4v) is 3.56. The van der Waals surface area contributed by atoms with Gasteiger partial charge < -0.3 is 5.32 Å². The van der Waals surface area contributed by atoms with E-state index in [0.29, 0.717) is 16.6 Å². The Balaban J connectivity index is 2.15. The molecule has 98 valence electrons. The van der Waals surface area contributed by atoms with Crippen molar-refractivity contribution in [2.75, 3.05) is 12.8 Å². The maximum Gasteiger partial charge on any atom is 0.285 e. The van der Waals surface area contributed by atoms with E-state index in [2.05, 4.69) is 5.32 Å². The van der Waals surface area contributed by atoms with Crippen LogP contribution in [0.5, 0.6) is 0 Å². The van der Waals surface area contributed by atoms with E-state index in [1.54, 1.807) is 18.2 Å². The Kier molecular flexibility index (Phi) is 4.08. The van der Waals surface area contributed by atoms with Gasteiger partial charge in [-0.25, -0.2) is 0 Å². The van der Waals surface area contributed by atoms with Crippen molar-refractivity contribution in [1.82, 2.24) is 5.32 Å². The minimum absolute atomic E-state index is 0.0542. The summed E-state index contributed by atoms with van der Waals surface area (Å²) in [6, 6.07) is 6.44. The van der Waals surface area contributed by atoms with Crippen molar-refractivity contribution < 1.29 is 9.13 Å². The molecule has 0 spiro atoms. The van der Waals surface area contributed by atoms with Crippen molar-refractivity contribution in [3.8, 4) is 0 Å². The molecule has 1 aromatic carbocycles. The van der Waals surface area contributed by atoms with Gasteiger partial charge in [-0.1, -0.05) is 12.1 Å². The zero-order chi connectivity index (χ0) is 13.1. The number of nitrogens with zero attached hydrogens (tertiary/aromatic N) is 1. The number of benzene rings is 1. The van der Waals surface area contributed by atoms with Gasteiger partial charge in [0.25, 0.3) is 5.69 Å². The monoisotopic (exact) mass is 268 g/mol. The molecule has 0 saturated heterocycles. The predicted octanol–water partition coefficient (Wildman–Crippen LogP) is 1.70. The van der Waals surface area contributed by atoms with Gasteiger partial charge in [0, 0.05) is 17.9 Å². The molecule has 0 heterocycles. The first-order valence-electron chi connectivity index (χ1n) is 5.92. The molecular formula is C12H16N2O3S. The Bertz CT molecular complexity index is 474. The quantitative estimate of drug-likeness (QED) is 0.629. The van der Waals surface area contributed by atoms with Gasteiger partial charge in [0.2, 0.25) is 0 Å². The Morgan fingerprint density at radius 3 is 2.72 bits per heavy atom. The van der Waals surface area contributed by atoms with E-state index in [-0.39, 0.29) is 11.7 Å². The molecular weight excluding hydrogens is 252 g/mol. The smallest absolute Gasteiger partial charge is 0.285 e. The van der Waals surface area contributed by atoms with Crippen molar-refractivity contribution in [2.24, 2.45) is 5.92 Å². The molecule has 0 radical (unpaired) electrons. The lowest BCUT2D eigenvalue weighted by atomic mass is 10.2. The van der Waals surface area contributed by atoms with Crippen LogP contribution in [0.3, 0.4) is 0 Å². The normalized spacial score (nSPS) is 18.3. The molecule has 1 N–H and O–H groups in total. The SMILES string of the molecule is CNC(CS(=O)c1ccccc1[N+](=O)[O-])C1CC1. The second-order valence-corrected chi connectivity index (χ2v) is 5.93. The predicted molar refractivity (Wildman–Crippen MR) is 69.9 cm³/mol. The summed E-state index contributed by atoms with van der Waals surface area (Å²) in [5, 5.41) is 14.0. The summed E-state index contributed by atoms with van der Waals surface area (Å²) in [4.78, 5) is 10.7. The lowest BCUT2D eigenvalue weighted by molar-refractivity contribution is -0.387. The molecule has 1 aliphatic rings. The molecule has 1 aromatic rings. The number of nitro groups is 1. The Morgan fingerprint density at radius 1 is 1.50 bits per heavy atom. The Labute approximate surface area is 108 Å². The molecule has 0 amide bonds. The zero-order valence-corrected chi connectivity index (χ0v) is 11.0. The van der Waals surface area contributed by atoms with E-state index in [1.807, 2.05) is 7.05 Å². The third-order valence-electron chi connectivity index (χ3n) is 3.20. The summed E-state index contributed by atoms with van der Waals surface area (Å²) in [6.07, 6.45) is 2.30. The van der Waals surface area contributed by atoms with Crippen molar-refractivity contribution >= 4 is 16.5 Å². The van der Waals surface area contributed by atoms with E-state index in [0.717, 1.165) is 12.8 Å². The topological polar surface area (TPSA) is 72.2 Å². The van der Waals surface area contributed by atoms with Gasteiger partial charge in [0.1, 0.15) is 4.90 Å². The van der Waals surface area contributed by atoms with Gasteiger partial charge in [0.15, 0.2) is 0 Å². The average Bonchev–Trinajstić information content (AvgIpc) is 3.19. The van der Waals surface area contributed by atoms with Crippen LogP contribution in [-0.4, -0.2) is 28.0 Å². The number of hydrogen-bond acceptors (Lipinski definition) is 4. The first kappa shape index (κ1) is 13.2. The summed E-state index contributed by atoms with van der Waals surface area (Å²) in [7, 11) is 0.517. The summed E-state index contributed by atoms with van der Waals surface area (Å²) < 4.78 is 12.2. The highest BCUT2D eigenvalue weighted by atomic mass is 32.2. The van der Waals surface area contributed by atoms with Crippen LogP contribution in [0, 0.1) is 16.0 Å². The van der Waals surface area contributed by atoms with Gasteiger partial charge in [0.05, 0.1) is 15.7 Å². The van der Waals surface area contributed by atoms with Crippen molar-refractivity contribution in [3.63, 3.8) is 0 Å². The van der Waals surface area contributed by atoms with E-state index >= 15 is 0 Å². The second kappa shape index (κ2) is 5.58. The molecule has 2 unspecified atom stereocenters. The van der Waals surface area contributed by atoms with E-state index in [9.17, 15) is 14.3 Å². The second-order valence-electron chi connectivity index (χ2n) is 4.47. The summed E-state index contributed by atoms with van der Waals surface area (Å²) in [6.45, 7) is 0. The largest absolute Gasteiger partial charge is 0.316 e. The first-order chi connectivity index (χ1) is 8.63. The third-order valence-corrected chi connectivity index (χ3v) is 4.70. The highest BCUT2D eigenvalue weighted by Crippen LogP contribution is 2.33. The average molecular weight is 268 g/mol. The minimum Gasteiger partial charge on any atom is -0.316 e. The molecule has 0 aliphatic heterocycles. The molecule has 6 heteroatoms. The number of nitro benzene ring substituents is 1. The van der Waals surface area contributed by atoms with E-state index < -0.39 is 15.7 Å². The highest BCUT2D eigenvalue weighted by molar-refractivity contribution is 7.85. The van der Waals surface area contributed by atoms with Crippen LogP contribution in [0.25, 0.3) is 0 Å². The summed E-state index contributed by atoms with van der Waals surface area (Å²) >= 11 is 0. The van der Waals surface area contributed by atoms with Gasteiger partial charge in [-0.15, -0.1) is 0 Å². The molecule has 1 fully saturated rings. The molecule has 0 bridgehead atoms. The van der Waals surface area contributed by atoms with Crippen molar-refractivity contribution in [3.05, 3.63) is 34.4 Å². The molecule has 1 saturated carbocycles. The maximum absolute atomic E-state index is 12.2. The number of nitrogens with one attached hydrogen (secondary N) is 1. The lowest BCUT2D eigenvalue weighted by Gasteiger charge is -2.14. The van der Waals surface area contributed by atoms with Crippen LogP contribution in [0.1, 0.15) is 12.8 Å². The molecule has 1 aliphatic carbocycles. The van der Waals surface area contributed by atoms with E-state index in [1.165, 1.54) is 6.07 Å². The first-order valence-corrected chi connectivity index (χ1v) is 7.24. The highest BCUT2D eigenvalue weighted by Gasteiger charge is 2.32. The number of hydrogen-bond donors (Lipinski definition) is 1. The summed E-state index contributed by atoms with van der Waals surface area (Å²) in [5.41, 5.74) is -0.0542. The van der Waals surface area contributed by atoms with Crippen LogP contribution in [0.4, 0.5) is 5.69 Å². The third kappa shape index (κ3) is 2.94. The molecule has 0 aromatic heterocycles.